The van der Waals surface area contributed by atoms with Crippen LogP contribution in [0.25, 0.3) is 16.5 Å². The first-order valence-electron chi connectivity index (χ1n) is 8.21. The molecule has 0 bridgehead atoms. The molecular formula is C21H21NO3S. The van der Waals surface area contributed by atoms with Gasteiger partial charge in [-0.15, -0.1) is 11.8 Å². The third-order valence-corrected chi connectivity index (χ3v) is 4.96. The number of carbonyl (C=O) groups excluding carboxylic acids is 1. The van der Waals surface area contributed by atoms with E-state index in [1.807, 2.05) is 56.5 Å². The first kappa shape index (κ1) is 18.1. The molecule has 0 aliphatic rings. The highest BCUT2D eigenvalue weighted by Crippen LogP contribution is 2.33. The number of fused-ring (bicyclic) bond motifs is 1. The summed E-state index contributed by atoms with van der Waals surface area (Å²) in [4.78, 5) is 13.5. The molecule has 4 nitrogen and oxygen atoms in total. The first-order chi connectivity index (χ1) is 12.5. The van der Waals surface area contributed by atoms with E-state index in [0.717, 1.165) is 38.3 Å². The van der Waals surface area contributed by atoms with Crippen LogP contribution >= 0.6 is 11.8 Å². The van der Waals surface area contributed by atoms with Gasteiger partial charge in [-0.3, -0.25) is 4.79 Å². The predicted octanol–water partition coefficient (Wildman–Crippen LogP) is 5.51. The molecule has 0 saturated heterocycles. The van der Waals surface area contributed by atoms with Crippen LogP contribution in [0, 0.1) is 6.92 Å². The van der Waals surface area contributed by atoms with Crippen LogP contribution < -0.4 is 10.1 Å². The van der Waals surface area contributed by atoms with Gasteiger partial charge in [-0.05, 0) is 61.6 Å². The fraction of sp³-hybridized carbons (Fsp3) is 0.190. The van der Waals surface area contributed by atoms with Crippen molar-refractivity contribution in [1.82, 2.24) is 0 Å². The van der Waals surface area contributed by atoms with E-state index in [4.69, 9.17) is 9.15 Å². The summed E-state index contributed by atoms with van der Waals surface area (Å²) in [6.07, 6.45) is 5.32. The molecule has 3 aromatic rings. The predicted molar refractivity (Wildman–Crippen MR) is 108 cm³/mol. The van der Waals surface area contributed by atoms with Gasteiger partial charge in [0.1, 0.15) is 11.3 Å². The number of rotatable bonds is 5. The number of hydrogen-bond acceptors (Lipinski definition) is 4. The average molecular weight is 367 g/mol. The van der Waals surface area contributed by atoms with Crippen LogP contribution in [0.3, 0.4) is 0 Å². The number of aryl methyl sites for hydroxylation is 1. The van der Waals surface area contributed by atoms with Gasteiger partial charge in [0, 0.05) is 33.7 Å². The second-order valence-electron chi connectivity index (χ2n) is 6.01. The lowest BCUT2D eigenvalue weighted by molar-refractivity contribution is -0.111. The summed E-state index contributed by atoms with van der Waals surface area (Å²) in [6, 6.07) is 11.6. The van der Waals surface area contributed by atoms with Gasteiger partial charge < -0.3 is 14.5 Å². The van der Waals surface area contributed by atoms with E-state index >= 15 is 0 Å². The molecule has 0 atom stereocenters. The molecule has 2 aromatic carbocycles. The topological polar surface area (TPSA) is 51.5 Å². The summed E-state index contributed by atoms with van der Waals surface area (Å²) in [7, 11) is 1.61. The van der Waals surface area contributed by atoms with Crippen LogP contribution in [-0.2, 0) is 4.79 Å². The molecule has 5 heteroatoms. The van der Waals surface area contributed by atoms with Crippen molar-refractivity contribution in [3.8, 4) is 5.75 Å². The molecule has 0 unspecified atom stereocenters. The Morgan fingerprint density at radius 3 is 2.62 bits per heavy atom. The third-order valence-electron chi connectivity index (χ3n) is 4.22. The van der Waals surface area contributed by atoms with Crippen LogP contribution in [0.2, 0.25) is 0 Å². The fourth-order valence-electron chi connectivity index (χ4n) is 2.79. The summed E-state index contributed by atoms with van der Waals surface area (Å²) in [5.74, 6) is 0.503. The molecule has 1 heterocycles. The Kier molecular flexibility index (Phi) is 5.38. The van der Waals surface area contributed by atoms with E-state index in [1.54, 1.807) is 31.2 Å². The Labute approximate surface area is 157 Å². The zero-order valence-corrected chi connectivity index (χ0v) is 16.1. The van der Waals surface area contributed by atoms with E-state index < -0.39 is 0 Å². The number of thioether (sulfide) groups is 1. The number of allylic oxidation sites excluding steroid dienone is 1. The van der Waals surface area contributed by atoms with Crippen molar-refractivity contribution in [2.45, 2.75) is 18.7 Å². The van der Waals surface area contributed by atoms with Crippen molar-refractivity contribution in [1.29, 1.82) is 0 Å². The molecule has 0 spiro atoms. The molecule has 0 saturated carbocycles. The second-order valence-corrected chi connectivity index (χ2v) is 6.89. The first-order valence-corrected chi connectivity index (χ1v) is 9.44. The molecule has 0 fully saturated rings. The number of methoxy groups -OCH3 is 1. The van der Waals surface area contributed by atoms with E-state index in [9.17, 15) is 4.79 Å². The monoisotopic (exact) mass is 367 g/mol. The summed E-state index contributed by atoms with van der Waals surface area (Å²) < 4.78 is 11.0. The van der Waals surface area contributed by atoms with E-state index in [-0.39, 0.29) is 5.91 Å². The summed E-state index contributed by atoms with van der Waals surface area (Å²) in [5.41, 5.74) is 4.29. The molecule has 1 N–H and O–H groups in total. The van der Waals surface area contributed by atoms with Crippen molar-refractivity contribution in [2.24, 2.45) is 0 Å². The molecule has 1 aromatic heterocycles. The van der Waals surface area contributed by atoms with Gasteiger partial charge in [-0.25, -0.2) is 0 Å². The molecule has 1 amide bonds. The quantitative estimate of drug-likeness (QED) is 0.477. The Morgan fingerprint density at radius 2 is 1.96 bits per heavy atom. The van der Waals surface area contributed by atoms with Crippen molar-refractivity contribution in [3.63, 3.8) is 0 Å². The minimum atomic E-state index is -0.175. The maximum Gasteiger partial charge on any atom is 0.248 e. The van der Waals surface area contributed by atoms with Crippen molar-refractivity contribution >= 4 is 39.9 Å². The summed E-state index contributed by atoms with van der Waals surface area (Å²) in [5, 5.41) is 3.91. The molecule has 0 radical (unpaired) electrons. The largest absolute Gasteiger partial charge is 0.496 e. The van der Waals surface area contributed by atoms with Crippen LogP contribution in [0.1, 0.15) is 18.1 Å². The lowest BCUT2D eigenvalue weighted by atomic mass is 10.0. The number of furan rings is 1. The van der Waals surface area contributed by atoms with Crippen LogP contribution in [0.4, 0.5) is 5.69 Å². The smallest absolute Gasteiger partial charge is 0.248 e. The highest BCUT2D eigenvalue weighted by Gasteiger charge is 2.12. The maximum absolute atomic E-state index is 12.4. The molecule has 0 aliphatic heterocycles. The summed E-state index contributed by atoms with van der Waals surface area (Å²) in [6.45, 7) is 3.89. The minimum Gasteiger partial charge on any atom is -0.496 e. The zero-order chi connectivity index (χ0) is 18.7. The molecule has 3 rings (SSSR count). The zero-order valence-electron chi connectivity index (χ0n) is 15.3. The third kappa shape index (κ3) is 3.78. The van der Waals surface area contributed by atoms with Crippen LogP contribution in [0.15, 0.2) is 58.1 Å². The van der Waals surface area contributed by atoms with Crippen molar-refractivity contribution in [3.05, 3.63) is 59.9 Å². The fourth-order valence-corrected chi connectivity index (χ4v) is 3.19. The number of anilines is 1. The number of carbonyl (C=O) groups is 1. The molecule has 26 heavy (non-hydrogen) atoms. The number of nitrogens with one attached hydrogen (secondary N) is 1. The lowest BCUT2D eigenvalue weighted by Gasteiger charge is -2.10. The highest BCUT2D eigenvalue weighted by molar-refractivity contribution is 7.98. The van der Waals surface area contributed by atoms with Gasteiger partial charge in [0.05, 0.1) is 13.4 Å². The molecule has 134 valence electrons. The van der Waals surface area contributed by atoms with Crippen LogP contribution in [-0.4, -0.2) is 19.3 Å². The van der Waals surface area contributed by atoms with Gasteiger partial charge in [0.15, 0.2) is 0 Å². The number of hydrogen-bond donors (Lipinski definition) is 1. The van der Waals surface area contributed by atoms with E-state index in [2.05, 4.69) is 5.32 Å². The number of amides is 1. The Bertz CT molecular complexity index is 971. The lowest BCUT2D eigenvalue weighted by Crippen LogP contribution is -2.08. The molecule has 0 aliphatic carbocycles. The highest BCUT2D eigenvalue weighted by atomic mass is 32.2. The van der Waals surface area contributed by atoms with E-state index in [1.165, 1.54) is 0 Å². The van der Waals surface area contributed by atoms with Gasteiger partial charge in [0.25, 0.3) is 0 Å². The van der Waals surface area contributed by atoms with Crippen molar-refractivity contribution in [2.75, 3.05) is 18.7 Å². The standard InChI is InChI=1S/C21H21NO3S/c1-13(9-21(23)22-15-5-7-16(26-4)8-6-15)17-10-18-14(2)12-25-20(18)11-19(17)24-3/h5-12H,1-4H3,(H,22,23)/b13-9+. The van der Waals surface area contributed by atoms with Gasteiger partial charge >= 0.3 is 0 Å². The van der Waals surface area contributed by atoms with Gasteiger partial charge in [0.2, 0.25) is 5.91 Å². The normalized spacial score (nSPS) is 11.6. The minimum absolute atomic E-state index is 0.175. The van der Waals surface area contributed by atoms with Crippen LogP contribution in [0.5, 0.6) is 5.75 Å². The SMILES string of the molecule is COc1cc2occ(C)c2cc1/C(C)=C/C(=O)Nc1ccc(SC)cc1. The van der Waals surface area contributed by atoms with Crippen molar-refractivity contribution < 1.29 is 13.9 Å². The molecular weight excluding hydrogens is 346 g/mol. The van der Waals surface area contributed by atoms with E-state index in [0.29, 0.717) is 5.75 Å². The number of ether oxygens (including phenoxy) is 1. The average Bonchev–Trinajstić information content (AvgIpc) is 3.01. The van der Waals surface area contributed by atoms with Gasteiger partial charge in [-0.2, -0.15) is 0 Å². The maximum atomic E-state index is 12.4. The second kappa shape index (κ2) is 7.70. The number of benzene rings is 2. The van der Waals surface area contributed by atoms with Gasteiger partial charge in [-0.1, -0.05) is 0 Å². The Morgan fingerprint density at radius 1 is 1.23 bits per heavy atom. The Hall–Kier alpha value is -2.66. The summed E-state index contributed by atoms with van der Waals surface area (Å²) >= 11 is 1.66. The Balaban J connectivity index is 1.86.